The fourth-order valence-electron chi connectivity index (χ4n) is 1.48. The lowest BCUT2D eigenvalue weighted by atomic mass is 10.2. The molecule has 2 nitrogen and oxygen atoms in total. The quantitative estimate of drug-likeness (QED) is 0.787. The highest BCUT2D eigenvalue weighted by atomic mass is 35.5. The van der Waals surface area contributed by atoms with E-state index in [1.807, 2.05) is 0 Å². The molecule has 0 bridgehead atoms. The number of hydrogen-bond donors (Lipinski definition) is 2. The zero-order valence-corrected chi connectivity index (χ0v) is 10.8. The Hall–Kier alpha value is -1.59. The van der Waals surface area contributed by atoms with E-state index in [0.29, 0.717) is 6.07 Å². The molecule has 0 saturated carbocycles. The van der Waals surface area contributed by atoms with Crippen molar-refractivity contribution in [3.05, 3.63) is 51.8 Å². The van der Waals surface area contributed by atoms with E-state index in [1.54, 1.807) is 0 Å². The Kier molecular flexibility index (Phi) is 3.78. The SMILES string of the molecule is Nc1c(F)cc(F)cc1Nc1c(Cl)cc(F)cc1Cl. The summed E-state index contributed by atoms with van der Waals surface area (Å²) in [7, 11) is 0. The summed E-state index contributed by atoms with van der Waals surface area (Å²) in [6, 6.07) is 3.66. The highest BCUT2D eigenvalue weighted by Crippen LogP contribution is 2.36. The molecule has 0 aliphatic carbocycles. The Balaban J connectivity index is 2.48. The van der Waals surface area contributed by atoms with Gasteiger partial charge in [-0.25, -0.2) is 13.2 Å². The van der Waals surface area contributed by atoms with Gasteiger partial charge in [0.15, 0.2) is 5.82 Å². The Bertz CT molecular complexity index is 624. The van der Waals surface area contributed by atoms with Gasteiger partial charge in [-0.05, 0) is 18.2 Å². The lowest BCUT2D eigenvalue weighted by molar-refractivity contribution is 0.587. The van der Waals surface area contributed by atoms with E-state index in [9.17, 15) is 13.2 Å². The molecule has 2 rings (SSSR count). The molecule has 0 aromatic heterocycles. The van der Waals surface area contributed by atoms with Crippen LogP contribution in [0.2, 0.25) is 10.0 Å². The molecule has 0 atom stereocenters. The molecular formula is C12H7Cl2F3N2. The minimum absolute atomic E-state index is 0.0333. The van der Waals surface area contributed by atoms with Crippen molar-refractivity contribution in [3.63, 3.8) is 0 Å². The van der Waals surface area contributed by atoms with Crippen molar-refractivity contribution in [3.8, 4) is 0 Å². The summed E-state index contributed by atoms with van der Waals surface area (Å²) < 4.78 is 39.4. The zero-order chi connectivity index (χ0) is 14.2. The van der Waals surface area contributed by atoms with Gasteiger partial charge < -0.3 is 11.1 Å². The van der Waals surface area contributed by atoms with E-state index in [1.165, 1.54) is 0 Å². The number of nitrogen functional groups attached to an aromatic ring is 1. The van der Waals surface area contributed by atoms with Crippen molar-refractivity contribution in [2.45, 2.75) is 0 Å². The summed E-state index contributed by atoms with van der Waals surface area (Å²) >= 11 is 11.6. The summed E-state index contributed by atoms with van der Waals surface area (Å²) in [6.45, 7) is 0. The van der Waals surface area contributed by atoms with Crippen LogP contribution in [0.1, 0.15) is 0 Å². The highest BCUT2D eigenvalue weighted by molar-refractivity contribution is 6.39. The van der Waals surface area contributed by atoms with Crippen molar-refractivity contribution in [1.29, 1.82) is 0 Å². The van der Waals surface area contributed by atoms with Gasteiger partial charge >= 0.3 is 0 Å². The van der Waals surface area contributed by atoms with E-state index >= 15 is 0 Å². The summed E-state index contributed by atoms with van der Waals surface area (Å²) in [6.07, 6.45) is 0. The van der Waals surface area contributed by atoms with Gasteiger partial charge in [-0.1, -0.05) is 23.2 Å². The summed E-state index contributed by atoms with van der Waals surface area (Å²) in [5, 5.41) is 2.52. The van der Waals surface area contributed by atoms with Crippen LogP contribution in [-0.2, 0) is 0 Å². The highest BCUT2D eigenvalue weighted by Gasteiger charge is 2.13. The van der Waals surface area contributed by atoms with Crippen LogP contribution in [0, 0.1) is 17.5 Å². The predicted molar refractivity (Wildman–Crippen MR) is 70.5 cm³/mol. The Morgan fingerprint density at radius 3 is 2.00 bits per heavy atom. The van der Waals surface area contributed by atoms with E-state index in [4.69, 9.17) is 28.9 Å². The zero-order valence-electron chi connectivity index (χ0n) is 9.28. The molecule has 0 amide bonds. The van der Waals surface area contributed by atoms with Crippen LogP contribution in [0.15, 0.2) is 24.3 Å². The molecule has 0 fully saturated rings. The van der Waals surface area contributed by atoms with E-state index in [2.05, 4.69) is 5.32 Å². The van der Waals surface area contributed by atoms with E-state index in [-0.39, 0.29) is 27.1 Å². The minimum Gasteiger partial charge on any atom is -0.395 e. The normalized spacial score (nSPS) is 10.6. The van der Waals surface area contributed by atoms with Crippen molar-refractivity contribution < 1.29 is 13.2 Å². The second-order valence-electron chi connectivity index (χ2n) is 3.72. The molecule has 0 spiro atoms. The molecule has 2 aromatic carbocycles. The first-order valence-corrected chi connectivity index (χ1v) is 5.80. The number of hydrogen-bond acceptors (Lipinski definition) is 2. The van der Waals surface area contributed by atoms with Crippen molar-refractivity contribution in [1.82, 2.24) is 0 Å². The molecule has 0 aliphatic rings. The fourth-order valence-corrected chi connectivity index (χ4v) is 2.04. The van der Waals surface area contributed by atoms with Crippen molar-refractivity contribution in [2.75, 3.05) is 11.1 Å². The molecule has 7 heteroatoms. The van der Waals surface area contributed by atoms with E-state index in [0.717, 1.165) is 18.2 Å². The molecular weight excluding hydrogens is 300 g/mol. The van der Waals surface area contributed by atoms with Gasteiger partial charge in [0, 0.05) is 6.07 Å². The summed E-state index contributed by atoms with van der Waals surface area (Å²) in [5.41, 5.74) is 5.24. The third kappa shape index (κ3) is 2.88. The molecule has 19 heavy (non-hydrogen) atoms. The Morgan fingerprint density at radius 1 is 0.895 bits per heavy atom. The van der Waals surface area contributed by atoms with Crippen molar-refractivity contribution >= 4 is 40.3 Å². The maximum Gasteiger partial charge on any atom is 0.151 e. The van der Waals surface area contributed by atoms with Crippen LogP contribution in [0.5, 0.6) is 0 Å². The second-order valence-corrected chi connectivity index (χ2v) is 4.53. The standard InChI is InChI=1S/C12H7Cl2F3N2/c13-7-1-5(15)2-8(14)12(7)19-10-4-6(16)3-9(17)11(10)18/h1-4,19H,18H2. The first-order chi connectivity index (χ1) is 8.88. The van der Waals surface area contributed by atoms with Crippen LogP contribution in [0.25, 0.3) is 0 Å². The fraction of sp³-hybridized carbons (Fsp3) is 0. The van der Waals surface area contributed by atoms with Crippen LogP contribution in [0.3, 0.4) is 0 Å². The maximum atomic E-state index is 13.3. The van der Waals surface area contributed by atoms with Gasteiger partial charge in [-0.15, -0.1) is 0 Å². The third-order valence-electron chi connectivity index (χ3n) is 2.36. The first kappa shape index (κ1) is 13.8. The van der Waals surface area contributed by atoms with Gasteiger partial charge in [0.05, 0.1) is 27.1 Å². The number of anilines is 3. The molecule has 0 heterocycles. The van der Waals surface area contributed by atoms with Gasteiger partial charge in [0.1, 0.15) is 11.6 Å². The molecule has 0 aliphatic heterocycles. The maximum absolute atomic E-state index is 13.3. The summed E-state index contributed by atoms with van der Waals surface area (Å²) in [4.78, 5) is 0. The van der Waals surface area contributed by atoms with Crippen LogP contribution in [0.4, 0.5) is 30.2 Å². The smallest absolute Gasteiger partial charge is 0.151 e. The molecule has 0 saturated heterocycles. The van der Waals surface area contributed by atoms with Crippen LogP contribution >= 0.6 is 23.2 Å². The Morgan fingerprint density at radius 2 is 1.42 bits per heavy atom. The summed E-state index contributed by atoms with van der Waals surface area (Å²) in [5.74, 6) is -2.36. The molecule has 3 N–H and O–H groups in total. The average molecular weight is 307 g/mol. The lowest BCUT2D eigenvalue weighted by Crippen LogP contribution is -2.01. The first-order valence-electron chi connectivity index (χ1n) is 5.04. The predicted octanol–water partition coefficient (Wildman–Crippen LogP) is 4.74. The van der Waals surface area contributed by atoms with Crippen molar-refractivity contribution in [2.24, 2.45) is 0 Å². The lowest BCUT2D eigenvalue weighted by Gasteiger charge is -2.13. The largest absolute Gasteiger partial charge is 0.395 e. The monoisotopic (exact) mass is 306 g/mol. The van der Waals surface area contributed by atoms with Crippen LogP contribution < -0.4 is 11.1 Å². The number of nitrogens with two attached hydrogens (primary N) is 1. The third-order valence-corrected chi connectivity index (χ3v) is 2.96. The topological polar surface area (TPSA) is 38.0 Å². The second kappa shape index (κ2) is 5.19. The van der Waals surface area contributed by atoms with Gasteiger partial charge in [0.25, 0.3) is 0 Å². The van der Waals surface area contributed by atoms with E-state index < -0.39 is 17.5 Å². The molecule has 2 aromatic rings. The minimum atomic E-state index is -0.920. The number of benzene rings is 2. The van der Waals surface area contributed by atoms with Gasteiger partial charge in [0.2, 0.25) is 0 Å². The van der Waals surface area contributed by atoms with Gasteiger partial charge in [-0.3, -0.25) is 0 Å². The average Bonchev–Trinajstić information content (AvgIpc) is 2.29. The van der Waals surface area contributed by atoms with Crippen LogP contribution in [-0.4, -0.2) is 0 Å². The molecule has 0 radical (unpaired) electrons. The van der Waals surface area contributed by atoms with Gasteiger partial charge in [-0.2, -0.15) is 0 Å². The number of nitrogens with one attached hydrogen (secondary N) is 1. The molecule has 0 unspecified atom stereocenters. The molecule has 100 valence electrons. The number of halogens is 5. The Labute approximate surface area is 116 Å². The number of rotatable bonds is 2.